The van der Waals surface area contributed by atoms with Crippen LogP contribution in [0.4, 0.5) is 5.69 Å². The molecule has 2 heterocycles. The maximum Gasteiger partial charge on any atom is 0.122 e. The smallest absolute Gasteiger partial charge is 0.122 e. The maximum atomic E-state index is 5.33. The Labute approximate surface area is 110 Å². The van der Waals surface area contributed by atoms with Crippen LogP contribution in [0.5, 0.6) is 0 Å². The van der Waals surface area contributed by atoms with Crippen molar-refractivity contribution in [3.05, 3.63) is 65.9 Å². The van der Waals surface area contributed by atoms with Crippen LogP contribution < -0.4 is 5.32 Å². The van der Waals surface area contributed by atoms with Gasteiger partial charge in [0.15, 0.2) is 0 Å². The third kappa shape index (κ3) is 2.31. The number of para-hydroxylation sites is 1. The van der Waals surface area contributed by atoms with E-state index in [2.05, 4.69) is 41.0 Å². The van der Waals surface area contributed by atoms with Crippen molar-refractivity contribution in [2.75, 3.05) is 5.32 Å². The molecule has 0 amide bonds. The van der Waals surface area contributed by atoms with Crippen molar-refractivity contribution in [2.45, 2.75) is 6.54 Å². The summed E-state index contributed by atoms with van der Waals surface area (Å²) in [6, 6.07) is 16.4. The van der Waals surface area contributed by atoms with Gasteiger partial charge in [0.05, 0.1) is 12.8 Å². The highest BCUT2D eigenvalue weighted by Gasteiger charge is 2.05. The average molecular weight is 255 g/mol. The average Bonchev–Trinajstić information content (AvgIpc) is 3.10. The Morgan fingerprint density at radius 3 is 2.72 bits per heavy atom. The molecule has 3 aromatic rings. The molecule has 0 unspecified atom stereocenters. The Kier molecular flexibility index (Phi) is 3.15. The van der Waals surface area contributed by atoms with Crippen molar-refractivity contribution in [3.63, 3.8) is 0 Å². The quantitative estimate of drug-likeness (QED) is 0.736. The van der Waals surface area contributed by atoms with Gasteiger partial charge < -0.3 is 9.73 Å². The Morgan fingerprint density at radius 1 is 1.00 bits per heavy atom. The van der Waals surface area contributed by atoms with Crippen LogP contribution in [0.3, 0.4) is 0 Å². The number of thiophene rings is 1. The summed E-state index contributed by atoms with van der Waals surface area (Å²) in [7, 11) is 0. The van der Waals surface area contributed by atoms with Gasteiger partial charge in [0, 0.05) is 16.1 Å². The molecule has 0 spiro atoms. The van der Waals surface area contributed by atoms with Gasteiger partial charge in [-0.1, -0.05) is 24.3 Å². The molecule has 90 valence electrons. The van der Waals surface area contributed by atoms with E-state index < -0.39 is 0 Å². The van der Waals surface area contributed by atoms with Gasteiger partial charge in [-0.05, 0) is 29.6 Å². The molecule has 0 aliphatic rings. The highest BCUT2D eigenvalue weighted by atomic mass is 32.1. The number of furan rings is 1. The summed E-state index contributed by atoms with van der Waals surface area (Å²) in [5.74, 6) is 0.941. The van der Waals surface area contributed by atoms with E-state index in [0.29, 0.717) is 6.54 Å². The largest absolute Gasteiger partial charge is 0.467 e. The van der Waals surface area contributed by atoms with Crippen LogP contribution in [-0.4, -0.2) is 0 Å². The lowest BCUT2D eigenvalue weighted by Crippen LogP contribution is -1.99. The monoisotopic (exact) mass is 255 g/mol. The Hall–Kier alpha value is -2.00. The van der Waals surface area contributed by atoms with Crippen LogP contribution in [0.25, 0.3) is 10.4 Å². The number of anilines is 1. The van der Waals surface area contributed by atoms with Crippen LogP contribution in [-0.2, 0) is 6.54 Å². The standard InChI is InChI=1S/C15H13NOS/c1-2-7-14(16-11-12-5-3-9-17-12)13(6-1)15-8-4-10-18-15/h1-10,16H,11H2. The van der Waals surface area contributed by atoms with E-state index in [1.54, 1.807) is 17.6 Å². The normalized spacial score (nSPS) is 10.4. The minimum Gasteiger partial charge on any atom is -0.467 e. The van der Waals surface area contributed by atoms with Crippen molar-refractivity contribution in [1.29, 1.82) is 0 Å². The molecular formula is C15H13NOS. The SMILES string of the molecule is c1coc(CNc2ccccc2-c2cccs2)c1. The van der Waals surface area contributed by atoms with Gasteiger partial charge in [0.25, 0.3) is 0 Å². The lowest BCUT2D eigenvalue weighted by Gasteiger charge is -2.09. The van der Waals surface area contributed by atoms with E-state index in [1.165, 1.54) is 10.4 Å². The van der Waals surface area contributed by atoms with Crippen molar-refractivity contribution >= 4 is 17.0 Å². The molecule has 2 aromatic heterocycles. The lowest BCUT2D eigenvalue weighted by atomic mass is 10.1. The maximum absolute atomic E-state index is 5.33. The van der Waals surface area contributed by atoms with E-state index in [1.807, 2.05) is 18.2 Å². The molecule has 1 aromatic carbocycles. The number of hydrogen-bond acceptors (Lipinski definition) is 3. The van der Waals surface area contributed by atoms with Crippen LogP contribution in [0.1, 0.15) is 5.76 Å². The lowest BCUT2D eigenvalue weighted by molar-refractivity contribution is 0.518. The van der Waals surface area contributed by atoms with Gasteiger partial charge in [-0.3, -0.25) is 0 Å². The van der Waals surface area contributed by atoms with E-state index in [0.717, 1.165) is 11.4 Å². The molecule has 0 radical (unpaired) electrons. The fraction of sp³-hybridized carbons (Fsp3) is 0.0667. The van der Waals surface area contributed by atoms with Gasteiger partial charge in [0.1, 0.15) is 5.76 Å². The first-order valence-electron chi connectivity index (χ1n) is 5.82. The summed E-state index contributed by atoms with van der Waals surface area (Å²) in [5, 5.41) is 5.51. The van der Waals surface area contributed by atoms with Gasteiger partial charge >= 0.3 is 0 Å². The molecular weight excluding hydrogens is 242 g/mol. The fourth-order valence-electron chi connectivity index (χ4n) is 1.88. The minimum absolute atomic E-state index is 0.704. The minimum atomic E-state index is 0.704. The molecule has 0 saturated carbocycles. The highest BCUT2D eigenvalue weighted by molar-refractivity contribution is 7.13. The Morgan fingerprint density at radius 2 is 1.94 bits per heavy atom. The third-order valence-corrected chi connectivity index (χ3v) is 3.65. The van der Waals surface area contributed by atoms with E-state index in [4.69, 9.17) is 4.42 Å². The molecule has 2 nitrogen and oxygen atoms in total. The van der Waals surface area contributed by atoms with E-state index >= 15 is 0 Å². The molecule has 18 heavy (non-hydrogen) atoms. The summed E-state index contributed by atoms with van der Waals surface area (Å²) < 4.78 is 5.33. The summed E-state index contributed by atoms with van der Waals surface area (Å²) in [6.07, 6.45) is 1.70. The molecule has 3 heteroatoms. The number of hydrogen-bond donors (Lipinski definition) is 1. The van der Waals surface area contributed by atoms with Crippen molar-refractivity contribution in [1.82, 2.24) is 0 Å². The first kappa shape index (κ1) is 11.1. The molecule has 3 rings (SSSR count). The molecule has 0 saturated heterocycles. The Balaban J connectivity index is 1.84. The summed E-state index contributed by atoms with van der Waals surface area (Å²) >= 11 is 1.75. The first-order valence-corrected chi connectivity index (χ1v) is 6.70. The van der Waals surface area contributed by atoms with Gasteiger partial charge in [0.2, 0.25) is 0 Å². The summed E-state index contributed by atoms with van der Waals surface area (Å²) in [4.78, 5) is 1.28. The second-order valence-corrected chi connectivity index (χ2v) is 4.90. The molecule has 0 aliphatic carbocycles. The zero-order valence-corrected chi connectivity index (χ0v) is 10.6. The summed E-state index contributed by atoms with van der Waals surface area (Å²) in [5.41, 5.74) is 2.37. The fourth-order valence-corrected chi connectivity index (χ4v) is 2.65. The van der Waals surface area contributed by atoms with Crippen LogP contribution in [0.2, 0.25) is 0 Å². The molecule has 0 bridgehead atoms. The number of rotatable bonds is 4. The zero-order chi connectivity index (χ0) is 12.2. The van der Waals surface area contributed by atoms with Gasteiger partial charge in [-0.2, -0.15) is 0 Å². The summed E-state index contributed by atoms with van der Waals surface area (Å²) in [6.45, 7) is 0.704. The molecule has 0 atom stereocenters. The topological polar surface area (TPSA) is 25.2 Å². The molecule has 1 N–H and O–H groups in total. The van der Waals surface area contributed by atoms with E-state index in [9.17, 15) is 0 Å². The molecule has 0 aliphatic heterocycles. The third-order valence-electron chi connectivity index (χ3n) is 2.75. The van der Waals surface area contributed by atoms with Crippen molar-refractivity contribution in [2.24, 2.45) is 0 Å². The number of benzene rings is 1. The predicted molar refractivity (Wildman–Crippen MR) is 75.8 cm³/mol. The van der Waals surface area contributed by atoms with Crippen molar-refractivity contribution in [3.8, 4) is 10.4 Å². The van der Waals surface area contributed by atoms with Crippen molar-refractivity contribution < 1.29 is 4.42 Å². The zero-order valence-electron chi connectivity index (χ0n) is 9.80. The Bertz CT molecular complexity index is 599. The predicted octanol–water partition coefficient (Wildman–Crippen LogP) is 4.62. The highest BCUT2D eigenvalue weighted by Crippen LogP contribution is 2.31. The number of nitrogens with one attached hydrogen (secondary N) is 1. The van der Waals surface area contributed by atoms with Crippen LogP contribution >= 0.6 is 11.3 Å². The first-order chi connectivity index (χ1) is 8.93. The van der Waals surface area contributed by atoms with Crippen LogP contribution in [0, 0.1) is 0 Å². The van der Waals surface area contributed by atoms with E-state index in [-0.39, 0.29) is 0 Å². The second kappa shape index (κ2) is 5.10. The van der Waals surface area contributed by atoms with Crippen LogP contribution in [0.15, 0.2) is 64.6 Å². The molecule has 0 fully saturated rings. The van der Waals surface area contributed by atoms with Gasteiger partial charge in [-0.25, -0.2) is 0 Å². The second-order valence-electron chi connectivity index (χ2n) is 3.96. The van der Waals surface area contributed by atoms with Gasteiger partial charge in [-0.15, -0.1) is 11.3 Å².